The first-order valence-corrected chi connectivity index (χ1v) is 6.54. The lowest BCUT2D eigenvalue weighted by Gasteiger charge is -2.23. The standard InChI is InChI=1S/C12H18Cl2N2O/c1-5-7-8-9(13)15-11(16-10(8)14)12(3,4)17-6-2/h5-7H2,1-4H3. The number of nitrogens with zero attached hydrogens (tertiary/aromatic N) is 2. The molecule has 1 rings (SSSR count). The molecule has 1 heterocycles. The second kappa shape index (κ2) is 5.98. The van der Waals surface area contributed by atoms with Crippen molar-refractivity contribution < 1.29 is 4.74 Å². The lowest BCUT2D eigenvalue weighted by Crippen LogP contribution is -2.25. The molecular formula is C12H18Cl2N2O. The van der Waals surface area contributed by atoms with Crippen LogP contribution in [0.15, 0.2) is 0 Å². The third kappa shape index (κ3) is 3.54. The van der Waals surface area contributed by atoms with E-state index in [9.17, 15) is 0 Å². The van der Waals surface area contributed by atoms with Crippen LogP contribution in [-0.4, -0.2) is 16.6 Å². The van der Waals surface area contributed by atoms with Gasteiger partial charge in [-0.05, 0) is 27.2 Å². The predicted octanol–water partition coefficient (Wildman–Crippen LogP) is 4.01. The van der Waals surface area contributed by atoms with Gasteiger partial charge in [-0.1, -0.05) is 36.5 Å². The van der Waals surface area contributed by atoms with Gasteiger partial charge in [0.1, 0.15) is 15.9 Å². The number of aromatic nitrogens is 2. The van der Waals surface area contributed by atoms with Crippen molar-refractivity contribution in [1.82, 2.24) is 9.97 Å². The van der Waals surface area contributed by atoms with Gasteiger partial charge in [0.05, 0.1) is 0 Å². The molecule has 0 spiro atoms. The quantitative estimate of drug-likeness (QED) is 0.763. The van der Waals surface area contributed by atoms with Gasteiger partial charge in [0.2, 0.25) is 0 Å². The fraction of sp³-hybridized carbons (Fsp3) is 0.667. The van der Waals surface area contributed by atoms with Crippen molar-refractivity contribution in [3.8, 4) is 0 Å². The molecule has 5 heteroatoms. The summed E-state index contributed by atoms with van der Waals surface area (Å²) in [4.78, 5) is 8.58. The fourth-order valence-corrected chi connectivity index (χ4v) is 2.16. The third-order valence-electron chi connectivity index (χ3n) is 2.45. The van der Waals surface area contributed by atoms with Crippen LogP contribution in [0, 0.1) is 0 Å². The maximum Gasteiger partial charge on any atom is 0.163 e. The van der Waals surface area contributed by atoms with E-state index in [0.717, 1.165) is 18.4 Å². The van der Waals surface area contributed by atoms with Crippen LogP contribution in [0.5, 0.6) is 0 Å². The monoisotopic (exact) mass is 276 g/mol. The summed E-state index contributed by atoms with van der Waals surface area (Å²) in [5, 5.41) is 0.851. The molecule has 17 heavy (non-hydrogen) atoms. The Morgan fingerprint density at radius 3 is 2.06 bits per heavy atom. The zero-order valence-electron chi connectivity index (χ0n) is 10.7. The molecule has 0 bridgehead atoms. The minimum absolute atomic E-state index is 0.426. The molecule has 0 fully saturated rings. The van der Waals surface area contributed by atoms with E-state index in [4.69, 9.17) is 27.9 Å². The molecule has 0 atom stereocenters. The Labute approximate surface area is 113 Å². The van der Waals surface area contributed by atoms with Gasteiger partial charge < -0.3 is 4.74 Å². The molecule has 0 saturated carbocycles. The van der Waals surface area contributed by atoms with Crippen molar-refractivity contribution in [3.05, 3.63) is 21.7 Å². The van der Waals surface area contributed by atoms with Gasteiger partial charge in [0.25, 0.3) is 0 Å². The lowest BCUT2D eigenvalue weighted by atomic mass is 10.1. The average Bonchev–Trinajstić information content (AvgIpc) is 2.23. The van der Waals surface area contributed by atoms with Crippen molar-refractivity contribution in [1.29, 1.82) is 0 Å². The zero-order valence-corrected chi connectivity index (χ0v) is 12.2. The minimum atomic E-state index is -0.577. The van der Waals surface area contributed by atoms with Gasteiger partial charge in [-0.15, -0.1) is 0 Å². The Bertz CT molecular complexity index is 371. The summed E-state index contributed by atoms with van der Waals surface area (Å²) in [6, 6.07) is 0. The van der Waals surface area contributed by atoms with Gasteiger partial charge in [-0.25, -0.2) is 9.97 Å². The molecule has 0 unspecified atom stereocenters. The van der Waals surface area contributed by atoms with E-state index >= 15 is 0 Å². The van der Waals surface area contributed by atoms with Crippen LogP contribution in [0.3, 0.4) is 0 Å². The van der Waals surface area contributed by atoms with Crippen molar-refractivity contribution in [2.45, 2.75) is 46.1 Å². The molecule has 1 aromatic rings. The van der Waals surface area contributed by atoms with Crippen LogP contribution >= 0.6 is 23.2 Å². The summed E-state index contributed by atoms with van der Waals surface area (Å²) in [6.45, 7) is 8.37. The highest BCUT2D eigenvalue weighted by atomic mass is 35.5. The predicted molar refractivity (Wildman–Crippen MR) is 70.7 cm³/mol. The molecule has 0 radical (unpaired) electrons. The second-order valence-electron chi connectivity index (χ2n) is 4.30. The maximum atomic E-state index is 6.13. The Balaban J connectivity index is 3.13. The number of ether oxygens (including phenoxy) is 1. The maximum absolute atomic E-state index is 6.13. The fourth-order valence-electron chi connectivity index (χ4n) is 1.58. The molecule has 0 aromatic carbocycles. The summed E-state index contributed by atoms with van der Waals surface area (Å²) >= 11 is 12.3. The summed E-state index contributed by atoms with van der Waals surface area (Å²) in [6.07, 6.45) is 1.74. The van der Waals surface area contributed by atoms with Gasteiger partial charge in [-0.3, -0.25) is 0 Å². The van der Waals surface area contributed by atoms with Crippen LogP contribution in [0.1, 0.15) is 45.5 Å². The highest BCUT2D eigenvalue weighted by Crippen LogP contribution is 2.28. The summed E-state index contributed by atoms with van der Waals surface area (Å²) < 4.78 is 5.58. The van der Waals surface area contributed by atoms with E-state index < -0.39 is 5.60 Å². The topological polar surface area (TPSA) is 35.0 Å². The first-order valence-electron chi connectivity index (χ1n) is 5.78. The highest BCUT2D eigenvalue weighted by Gasteiger charge is 2.26. The van der Waals surface area contributed by atoms with Crippen molar-refractivity contribution >= 4 is 23.2 Å². The van der Waals surface area contributed by atoms with Crippen molar-refractivity contribution in [2.24, 2.45) is 0 Å². The van der Waals surface area contributed by atoms with Gasteiger partial charge >= 0.3 is 0 Å². The zero-order chi connectivity index (χ0) is 13.1. The summed E-state index contributed by atoms with van der Waals surface area (Å²) in [5.74, 6) is 0.522. The Morgan fingerprint density at radius 2 is 1.65 bits per heavy atom. The molecule has 0 amide bonds. The molecule has 0 aliphatic carbocycles. The summed E-state index contributed by atoms with van der Waals surface area (Å²) in [7, 11) is 0. The lowest BCUT2D eigenvalue weighted by molar-refractivity contribution is -0.0208. The van der Waals surface area contributed by atoms with Crippen LogP contribution in [0.25, 0.3) is 0 Å². The van der Waals surface area contributed by atoms with Crippen LogP contribution in [0.4, 0.5) is 0 Å². The molecular weight excluding hydrogens is 259 g/mol. The first kappa shape index (κ1) is 14.7. The highest BCUT2D eigenvalue weighted by molar-refractivity contribution is 6.34. The van der Waals surface area contributed by atoms with E-state index in [1.807, 2.05) is 20.8 Å². The second-order valence-corrected chi connectivity index (χ2v) is 5.02. The first-order chi connectivity index (χ1) is 7.92. The molecule has 96 valence electrons. The third-order valence-corrected chi connectivity index (χ3v) is 3.08. The number of hydrogen-bond donors (Lipinski definition) is 0. The summed E-state index contributed by atoms with van der Waals surface area (Å²) in [5.41, 5.74) is 0.235. The van der Waals surface area contributed by atoms with E-state index in [-0.39, 0.29) is 0 Å². The Hall–Kier alpha value is -0.380. The van der Waals surface area contributed by atoms with E-state index in [2.05, 4.69) is 16.9 Å². The van der Waals surface area contributed by atoms with E-state index in [1.165, 1.54) is 0 Å². The SMILES string of the molecule is CCCc1c(Cl)nc(C(C)(C)OCC)nc1Cl. The van der Waals surface area contributed by atoms with E-state index in [0.29, 0.717) is 22.7 Å². The largest absolute Gasteiger partial charge is 0.368 e. The normalized spacial score (nSPS) is 11.9. The minimum Gasteiger partial charge on any atom is -0.368 e. The smallest absolute Gasteiger partial charge is 0.163 e. The Morgan fingerprint density at radius 1 is 1.12 bits per heavy atom. The number of halogens is 2. The molecule has 0 saturated heterocycles. The number of rotatable bonds is 5. The molecule has 3 nitrogen and oxygen atoms in total. The van der Waals surface area contributed by atoms with E-state index in [1.54, 1.807) is 0 Å². The van der Waals surface area contributed by atoms with Crippen LogP contribution in [-0.2, 0) is 16.8 Å². The van der Waals surface area contributed by atoms with Gasteiger partial charge in [-0.2, -0.15) is 0 Å². The molecule has 1 aromatic heterocycles. The van der Waals surface area contributed by atoms with Crippen molar-refractivity contribution in [3.63, 3.8) is 0 Å². The van der Waals surface area contributed by atoms with Crippen LogP contribution in [0.2, 0.25) is 10.3 Å². The molecule has 0 N–H and O–H groups in total. The number of hydrogen-bond acceptors (Lipinski definition) is 3. The molecule has 0 aliphatic heterocycles. The van der Waals surface area contributed by atoms with Gasteiger partial charge in [0.15, 0.2) is 5.82 Å². The average molecular weight is 277 g/mol. The molecule has 0 aliphatic rings. The van der Waals surface area contributed by atoms with Crippen LogP contribution < -0.4 is 0 Å². The Kier molecular flexibility index (Phi) is 5.17. The van der Waals surface area contributed by atoms with Gasteiger partial charge in [0, 0.05) is 12.2 Å². The van der Waals surface area contributed by atoms with Crippen molar-refractivity contribution in [2.75, 3.05) is 6.61 Å².